The van der Waals surface area contributed by atoms with Crippen LogP contribution in [0.2, 0.25) is 0 Å². The monoisotopic (exact) mass is 885 g/mol. The number of methoxy groups -OCH3 is 2. The number of ether oxygens (including phenoxy) is 2. The normalized spacial score (nSPS) is 12.4. The minimum atomic E-state index is -5.05. The number of phenolic OH excluding ortho intramolecular Hbond substituents is 2. The number of benzene rings is 7. The van der Waals surface area contributed by atoms with Crippen molar-refractivity contribution in [1.82, 2.24) is 0 Å². The van der Waals surface area contributed by atoms with E-state index in [1.54, 1.807) is 36.4 Å². The topological polar surface area (TPSA) is 284 Å². The summed E-state index contributed by atoms with van der Waals surface area (Å²) in [6.45, 7) is 0. The zero-order valence-electron chi connectivity index (χ0n) is 31.5. The number of para-hydroxylation sites is 1. The van der Waals surface area contributed by atoms with Crippen LogP contribution >= 0.6 is 0 Å². The molecule has 7 rings (SSSR count). The van der Waals surface area contributed by atoms with Gasteiger partial charge in [-0.05, 0) is 94.7 Å². The van der Waals surface area contributed by atoms with Gasteiger partial charge < -0.3 is 25.0 Å². The molecule has 0 aromatic heterocycles. The molecule has 0 saturated heterocycles. The summed E-state index contributed by atoms with van der Waals surface area (Å²) in [6.07, 6.45) is 0. The average Bonchev–Trinajstić information content (AvgIpc) is 3.21. The predicted molar refractivity (Wildman–Crippen MR) is 224 cm³/mol. The summed E-state index contributed by atoms with van der Waals surface area (Å²) in [6, 6.07) is 28.7. The molecule has 61 heavy (non-hydrogen) atoms. The first-order valence-electron chi connectivity index (χ1n) is 17.4. The van der Waals surface area contributed by atoms with Gasteiger partial charge in [-0.25, -0.2) is 0 Å². The van der Waals surface area contributed by atoms with Gasteiger partial charge in [-0.15, -0.1) is 20.5 Å². The van der Waals surface area contributed by atoms with Crippen molar-refractivity contribution < 1.29 is 58.6 Å². The van der Waals surface area contributed by atoms with Crippen LogP contribution in [-0.2, 0) is 30.4 Å². The van der Waals surface area contributed by atoms with E-state index in [1.165, 1.54) is 50.6 Å². The van der Waals surface area contributed by atoms with E-state index in [0.717, 1.165) is 17.8 Å². The molecule has 0 aliphatic carbocycles. The van der Waals surface area contributed by atoms with E-state index >= 15 is 0 Å². The van der Waals surface area contributed by atoms with Crippen LogP contribution in [0.15, 0.2) is 150 Å². The number of aromatic hydroxyl groups is 2. The lowest BCUT2D eigenvalue weighted by molar-refractivity contribution is 0.415. The number of nitrogens with zero attached hydrogens (tertiary/aromatic N) is 4. The highest BCUT2D eigenvalue weighted by Gasteiger charge is 2.27. The number of hydrogen-bond acceptors (Lipinski definition) is 15. The van der Waals surface area contributed by atoms with E-state index < -0.39 is 73.3 Å². The Labute approximate surface area is 347 Å². The second-order valence-electron chi connectivity index (χ2n) is 13.0. The SMILES string of the molecule is COc1cc(-c2ccc(N=Nc3c(S(=O)(=O)O)cc4cccc(S(=O)(=O)O)c4c3O)c(OC)c2)ccc1N=Nc1c(S(=O)(=O)O)cc2cc(Nc3ccccc3)ccc2c1O. The quantitative estimate of drug-likeness (QED) is 0.0492. The summed E-state index contributed by atoms with van der Waals surface area (Å²) in [7, 11) is -12.2. The van der Waals surface area contributed by atoms with E-state index in [4.69, 9.17) is 9.47 Å². The van der Waals surface area contributed by atoms with Crippen LogP contribution in [0.25, 0.3) is 32.7 Å². The van der Waals surface area contributed by atoms with E-state index in [0.29, 0.717) is 22.2 Å². The number of phenols is 2. The molecule has 18 nitrogen and oxygen atoms in total. The van der Waals surface area contributed by atoms with Gasteiger partial charge in [0, 0.05) is 22.1 Å². The molecular weight excluding hydrogens is 855 g/mol. The number of rotatable bonds is 12. The lowest BCUT2D eigenvalue weighted by Crippen LogP contribution is -2.02. The highest BCUT2D eigenvalue weighted by atomic mass is 32.2. The molecule has 0 atom stereocenters. The van der Waals surface area contributed by atoms with Crippen LogP contribution < -0.4 is 14.8 Å². The Hall–Kier alpha value is -7.01. The third kappa shape index (κ3) is 8.68. The van der Waals surface area contributed by atoms with Crippen molar-refractivity contribution in [3.05, 3.63) is 115 Å². The maximum atomic E-state index is 12.5. The van der Waals surface area contributed by atoms with Crippen LogP contribution in [0, 0.1) is 0 Å². The van der Waals surface area contributed by atoms with Crippen LogP contribution in [0.1, 0.15) is 0 Å². The minimum Gasteiger partial charge on any atom is -0.505 e. The van der Waals surface area contributed by atoms with E-state index in [-0.39, 0.29) is 33.6 Å². The Balaban J connectivity index is 1.22. The Morgan fingerprint density at radius 3 is 1.54 bits per heavy atom. The summed E-state index contributed by atoms with van der Waals surface area (Å²) in [5.41, 5.74) is 1.18. The molecule has 0 heterocycles. The summed E-state index contributed by atoms with van der Waals surface area (Å²) >= 11 is 0. The summed E-state index contributed by atoms with van der Waals surface area (Å²) in [5.74, 6) is -1.31. The standard InChI is InChI=1S/C40H31N5O13S3/c1-57-31-18-22(11-15-29(31)42-44-37-35(61(54,55)56)21-25-17-27(13-14-28(25)39(37)46)41-26-8-4-3-5-9-26)23-12-16-30(32(19-23)58-2)43-45-38-34(60(51,52)53)20-24-7-6-10-33(59(48,49)50)36(24)40(38)47/h3-21,41,46-47H,1-2H3,(H,48,49,50)(H,51,52,53)(H,54,55,56). The maximum Gasteiger partial charge on any atom is 0.296 e. The molecule has 0 unspecified atom stereocenters. The second kappa shape index (κ2) is 16.2. The van der Waals surface area contributed by atoms with Gasteiger partial charge in [0.05, 0.1) is 14.2 Å². The third-order valence-corrected chi connectivity index (χ3v) is 11.8. The molecule has 312 valence electrons. The first-order valence-corrected chi connectivity index (χ1v) is 21.7. The number of hydrogen-bond donors (Lipinski definition) is 6. The van der Waals surface area contributed by atoms with Crippen molar-refractivity contribution in [3.63, 3.8) is 0 Å². The number of anilines is 2. The molecule has 0 spiro atoms. The van der Waals surface area contributed by atoms with Gasteiger partial charge >= 0.3 is 0 Å². The second-order valence-corrected chi connectivity index (χ2v) is 17.2. The predicted octanol–water partition coefficient (Wildman–Crippen LogP) is 9.40. The number of fused-ring (bicyclic) bond motifs is 2. The molecule has 7 aromatic rings. The molecular formula is C40H31N5O13S3. The fraction of sp³-hybridized carbons (Fsp3) is 0.0500. The number of nitrogens with one attached hydrogen (secondary N) is 1. The minimum absolute atomic E-state index is 0.000925. The Morgan fingerprint density at radius 1 is 0.492 bits per heavy atom. The van der Waals surface area contributed by atoms with Crippen molar-refractivity contribution in [1.29, 1.82) is 0 Å². The lowest BCUT2D eigenvalue weighted by atomic mass is 10.0. The van der Waals surface area contributed by atoms with Gasteiger partial charge in [0.1, 0.15) is 48.9 Å². The molecule has 0 bridgehead atoms. The van der Waals surface area contributed by atoms with Gasteiger partial charge in [0.15, 0.2) is 11.5 Å². The molecule has 6 N–H and O–H groups in total. The molecule has 7 aromatic carbocycles. The molecule has 0 radical (unpaired) electrons. The fourth-order valence-corrected chi connectivity index (χ4v) is 8.41. The van der Waals surface area contributed by atoms with E-state index in [2.05, 4.69) is 25.8 Å². The van der Waals surface area contributed by atoms with Crippen LogP contribution in [0.4, 0.5) is 34.1 Å². The molecule has 0 amide bonds. The van der Waals surface area contributed by atoms with Gasteiger partial charge in [0.2, 0.25) is 0 Å². The van der Waals surface area contributed by atoms with Gasteiger partial charge in [-0.3, -0.25) is 13.7 Å². The van der Waals surface area contributed by atoms with E-state index in [9.17, 15) is 49.1 Å². The van der Waals surface area contributed by atoms with Crippen LogP contribution in [-0.4, -0.2) is 63.3 Å². The first kappa shape index (κ1) is 42.1. The van der Waals surface area contributed by atoms with Gasteiger partial charge in [-0.2, -0.15) is 25.3 Å². The Kier molecular flexibility index (Phi) is 11.2. The smallest absolute Gasteiger partial charge is 0.296 e. The van der Waals surface area contributed by atoms with Crippen molar-refractivity contribution in [2.75, 3.05) is 19.5 Å². The van der Waals surface area contributed by atoms with Crippen molar-refractivity contribution >= 4 is 86.0 Å². The summed E-state index contributed by atoms with van der Waals surface area (Å²) < 4.78 is 115. The molecule has 21 heteroatoms. The fourth-order valence-electron chi connectivity index (χ4n) is 6.37. The largest absolute Gasteiger partial charge is 0.505 e. The average molecular weight is 886 g/mol. The summed E-state index contributed by atoms with van der Waals surface area (Å²) in [4.78, 5) is -2.33. The van der Waals surface area contributed by atoms with E-state index in [1.807, 2.05) is 30.3 Å². The zero-order valence-corrected chi connectivity index (χ0v) is 33.9. The molecule has 0 fully saturated rings. The van der Waals surface area contributed by atoms with Crippen molar-refractivity contribution in [3.8, 4) is 34.1 Å². The van der Waals surface area contributed by atoms with Gasteiger partial charge in [0.25, 0.3) is 30.4 Å². The highest BCUT2D eigenvalue weighted by molar-refractivity contribution is 7.86. The van der Waals surface area contributed by atoms with Crippen molar-refractivity contribution in [2.24, 2.45) is 20.5 Å². The first-order chi connectivity index (χ1) is 28.9. The van der Waals surface area contributed by atoms with Crippen LogP contribution in [0.3, 0.4) is 0 Å². The maximum absolute atomic E-state index is 12.5. The molecule has 0 aliphatic rings. The zero-order chi connectivity index (χ0) is 43.9. The van der Waals surface area contributed by atoms with Crippen LogP contribution in [0.5, 0.6) is 23.0 Å². The highest BCUT2D eigenvalue weighted by Crippen LogP contribution is 2.46. The Bertz CT molecular complexity index is 3310. The summed E-state index contributed by atoms with van der Waals surface area (Å²) in [5, 5.41) is 41.3. The van der Waals surface area contributed by atoms with Gasteiger partial charge in [-0.1, -0.05) is 42.5 Å². The Morgan fingerprint density at radius 2 is 1.02 bits per heavy atom. The molecule has 0 aliphatic heterocycles. The molecule has 0 saturated carbocycles. The number of azo groups is 2. The lowest BCUT2D eigenvalue weighted by Gasteiger charge is -2.12. The third-order valence-electron chi connectivity index (χ3n) is 9.19. The van der Waals surface area contributed by atoms with Crippen molar-refractivity contribution in [2.45, 2.75) is 14.7 Å².